The van der Waals surface area contributed by atoms with Crippen LogP contribution in [0.15, 0.2) is 35.9 Å². The fourth-order valence-electron chi connectivity index (χ4n) is 3.78. The van der Waals surface area contributed by atoms with Gasteiger partial charge in [0.15, 0.2) is 0 Å². The molecule has 0 radical (unpaired) electrons. The lowest BCUT2D eigenvalue weighted by atomic mass is 9.89. The van der Waals surface area contributed by atoms with Crippen molar-refractivity contribution in [3.05, 3.63) is 47.2 Å². The molecule has 0 aliphatic carbocycles. The van der Waals surface area contributed by atoms with Gasteiger partial charge in [-0.1, -0.05) is 29.8 Å². The Morgan fingerprint density at radius 1 is 1.26 bits per heavy atom. The molecule has 0 saturated carbocycles. The van der Waals surface area contributed by atoms with Crippen molar-refractivity contribution >= 4 is 10.9 Å². The zero-order chi connectivity index (χ0) is 12.8. The van der Waals surface area contributed by atoms with Crippen LogP contribution in [-0.4, -0.2) is 23.0 Å². The minimum Gasteiger partial charge on any atom is -0.357 e. The number of hydrogen-bond donors (Lipinski definition) is 1. The maximum absolute atomic E-state index is 3.69. The number of para-hydroxylation sites is 1. The Bertz CT molecular complexity index is 650. The van der Waals surface area contributed by atoms with Crippen molar-refractivity contribution in [3.8, 4) is 0 Å². The number of aromatic amines is 1. The monoisotopic (exact) mass is 252 g/mol. The number of aromatic nitrogens is 1. The summed E-state index contributed by atoms with van der Waals surface area (Å²) < 4.78 is 0. The van der Waals surface area contributed by atoms with Crippen LogP contribution in [0.2, 0.25) is 0 Å². The summed E-state index contributed by atoms with van der Waals surface area (Å²) >= 11 is 0. The van der Waals surface area contributed by atoms with Crippen LogP contribution in [0.1, 0.15) is 37.1 Å². The summed E-state index contributed by atoms with van der Waals surface area (Å²) in [5.41, 5.74) is 5.98. The van der Waals surface area contributed by atoms with Gasteiger partial charge in [-0.05, 0) is 37.8 Å². The molecule has 2 heteroatoms. The molecule has 1 aromatic heterocycles. The minimum absolute atomic E-state index is 0.611. The third-order valence-electron chi connectivity index (χ3n) is 4.82. The molecule has 1 fully saturated rings. The fraction of sp³-hybridized carbons (Fsp3) is 0.412. The highest BCUT2D eigenvalue weighted by atomic mass is 15.2. The second kappa shape index (κ2) is 4.24. The van der Waals surface area contributed by atoms with Crippen LogP contribution in [0.5, 0.6) is 0 Å². The Labute approximate surface area is 114 Å². The predicted octanol–water partition coefficient (Wildman–Crippen LogP) is 3.81. The average molecular weight is 252 g/mol. The van der Waals surface area contributed by atoms with Gasteiger partial charge in [0.05, 0.1) is 6.04 Å². The summed E-state index contributed by atoms with van der Waals surface area (Å²) in [5.74, 6) is 0. The molecule has 1 aromatic carbocycles. The van der Waals surface area contributed by atoms with Gasteiger partial charge in [-0.2, -0.15) is 0 Å². The lowest BCUT2D eigenvalue weighted by Gasteiger charge is -2.40. The quantitative estimate of drug-likeness (QED) is 0.706. The van der Waals surface area contributed by atoms with Gasteiger partial charge in [0.2, 0.25) is 0 Å². The first-order chi connectivity index (χ1) is 9.36. The standard InChI is InChI=1S/C17H20N2/c1-2-12-7-8-16-17-14(9-10-19(16)11-12)13-5-3-4-6-15(13)18-17/h2-6,16,18H,7-11H2,1H3/b12-2+. The highest BCUT2D eigenvalue weighted by molar-refractivity contribution is 5.85. The van der Waals surface area contributed by atoms with Crippen molar-refractivity contribution in [2.45, 2.75) is 32.2 Å². The van der Waals surface area contributed by atoms with E-state index in [-0.39, 0.29) is 0 Å². The smallest absolute Gasteiger partial charge is 0.0508 e. The molecular weight excluding hydrogens is 232 g/mol. The topological polar surface area (TPSA) is 19.0 Å². The van der Waals surface area contributed by atoms with Crippen LogP contribution in [0.4, 0.5) is 0 Å². The number of H-pyrrole nitrogens is 1. The Kier molecular flexibility index (Phi) is 2.52. The highest BCUT2D eigenvalue weighted by Gasteiger charge is 2.32. The van der Waals surface area contributed by atoms with Gasteiger partial charge < -0.3 is 4.98 Å². The molecular formula is C17H20N2. The number of benzene rings is 1. The van der Waals surface area contributed by atoms with Crippen molar-refractivity contribution < 1.29 is 0 Å². The summed E-state index contributed by atoms with van der Waals surface area (Å²) in [4.78, 5) is 6.34. The maximum Gasteiger partial charge on any atom is 0.0508 e. The van der Waals surface area contributed by atoms with E-state index in [2.05, 4.69) is 47.1 Å². The van der Waals surface area contributed by atoms with E-state index in [9.17, 15) is 0 Å². The summed E-state index contributed by atoms with van der Waals surface area (Å²) in [7, 11) is 0. The van der Waals surface area contributed by atoms with Crippen molar-refractivity contribution in [1.82, 2.24) is 9.88 Å². The van der Waals surface area contributed by atoms with Crippen LogP contribution in [0.25, 0.3) is 10.9 Å². The van der Waals surface area contributed by atoms with E-state index in [1.165, 1.54) is 42.4 Å². The molecule has 98 valence electrons. The van der Waals surface area contributed by atoms with E-state index >= 15 is 0 Å². The largest absolute Gasteiger partial charge is 0.357 e. The molecule has 0 spiro atoms. The van der Waals surface area contributed by atoms with Crippen LogP contribution in [0.3, 0.4) is 0 Å². The molecule has 1 saturated heterocycles. The van der Waals surface area contributed by atoms with Gasteiger partial charge in [0.1, 0.15) is 0 Å². The number of rotatable bonds is 0. The van der Waals surface area contributed by atoms with E-state index in [0.29, 0.717) is 6.04 Å². The Balaban J connectivity index is 1.79. The summed E-state index contributed by atoms with van der Waals surface area (Å²) in [6.07, 6.45) is 6.01. The Hall–Kier alpha value is -1.54. The summed E-state index contributed by atoms with van der Waals surface area (Å²) in [6, 6.07) is 9.36. The lowest BCUT2D eigenvalue weighted by Crippen LogP contribution is -2.39. The molecule has 3 heterocycles. The second-order valence-electron chi connectivity index (χ2n) is 5.78. The number of hydrogen-bond acceptors (Lipinski definition) is 1. The molecule has 2 aromatic rings. The molecule has 2 nitrogen and oxygen atoms in total. The van der Waals surface area contributed by atoms with Gasteiger partial charge in [0.25, 0.3) is 0 Å². The summed E-state index contributed by atoms with van der Waals surface area (Å²) in [6.45, 7) is 4.54. The molecule has 4 rings (SSSR count). The van der Waals surface area contributed by atoms with Gasteiger partial charge >= 0.3 is 0 Å². The van der Waals surface area contributed by atoms with E-state index < -0.39 is 0 Å². The SMILES string of the molecule is C/C=C1\CCC2c3[nH]c4ccccc4c3CCN2C1. The Morgan fingerprint density at radius 2 is 2.16 bits per heavy atom. The van der Waals surface area contributed by atoms with E-state index in [4.69, 9.17) is 0 Å². The first-order valence-corrected chi connectivity index (χ1v) is 7.34. The van der Waals surface area contributed by atoms with E-state index in [0.717, 1.165) is 6.54 Å². The lowest BCUT2D eigenvalue weighted by molar-refractivity contribution is 0.165. The van der Waals surface area contributed by atoms with Crippen LogP contribution in [0, 0.1) is 0 Å². The van der Waals surface area contributed by atoms with Crippen LogP contribution >= 0.6 is 0 Å². The van der Waals surface area contributed by atoms with E-state index in [1.807, 2.05) is 0 Å². The first-order valence-electron chi connectivity index (χ1n) is 7.34. The van der Waals surface area contributed by atoms with Gasteiger partial charge in [0, 0.05) is 29.7 Å². The minimum atomic E-state index is 0.611. The normalized spacial score (nSPS) is 25.5. The van der Waals surface area contributed by atoms with Crippen molar-refractivity contribution in [1.29, 1.82) is 0 Å². The number of allylic oxidation sites excluding steroid dienone is 1. The number of fused-ring (bicyclic) bond motifs is 5. The highest BCUT2D eigenvalue weighted by Crippen LogP contribution is 2.40. The molecule has 1 atom stereocenters. The van der Waals surface area contributed by atoms with E-state index in [1.54, 1.807) is 11.1 Å². The van der Waals surface area contributed by atoms with Crippen LogP contribution in [-0.2, 0) is 6.42 Å². The zero-order valence-electron chi connectivity index (χ0n) is 11.4. The van der Waals surface area contributed by atoms with Crippen molar-refractivity contribution in [2.24, 2.45) is 0 Å². The molecule has 0 amide bonds. The molecule has 19 heavy (non-hydrogen) atoms. The number of piperidine rings is 1. The second-order valence-corrected chi connectivity index (χ2v) is 5.78. The maximum atomic E-state index is 3.69. The average Bonchev–Trinajstić information content (AvgIpc) is 2.85. The van der Waals surface area contributed by atoms with Gasteiger partial charge in [-0.25, -0.2) is 0 Å². The molecule has 1 N–H and O–H groups in total. The zero-order valence-corrected chi connectivity index (χ0v) is 11.4. The molecule has 2 aliphatic rings. The van der Waals surface area contributed by atoms with Gasteiger partial charge in [-0.3, -0.25) is 4.90 Å². The Morgan fingerprint density at radius 3 is 3.05 bits per heavy atom. The van der Waals surface area contributed by atoms with Crippen molar-refractivity contribution in [3.63, 3.8) is 0 Å². The first kappa shape index (κ1) is 11.3. The predicted molar refractivity (Wildman–Crippen MR) is 79.3 cm³/mol. The van der Waals surface area contributed by atoms with Crippen LogP contribution < -0.4 is 0 Å². The molecule has 1 unspecified atom stereocenters. The number of nitrogens with one attached hydrogen (secondary N) is 1. The fourth-order valence-corrected chi connectivity index (χ4v) is 3.78. The third kappa shape index (κ3) is 1.67. The third-order valence-corrected chi connectivity index (χ3v) is 4.82. The molecule has 0 bridgehead atoms. The number of nitrogens with zero attached hydrogens (tertiary/aromatic N) is 1. The van der Waals surface area contributed by atoms with Crippen molar-refractivity contribution in [2.75, 3.05) is 13.1 Å². The van der Waals surface area contributed by atoms with Gasteiger partial charge in [-0.15, -0.1) is 0 Å². The molecule has 2 aliphatic heterocycles. The summed E-state index contributed by atoms with van der Waals surface area (Å²) in [5, 5.41) is 1.44.